The van der Waals surface area contributed by atoms with Crippen molar-refractivity contribution in [3.63, 3.8) is 0 Å². The monoisotopic (exact) mass is 676 g/mol. The molecule has 4 aromatic rings. The lowest BCUT2D eigenvalue weighted by Crippen LogP contribution is -2.30. The van der Waals surface area contributed by atoms with Gasteiger partial charge in [0.15, 0.2) is 10.1 Å². The lowest BCUT2D eigenvalue weighted by molar-refractivity contribution is 0.387. The fourth-order valence-corrected chi connectivity index (χ4v) is 6.34. The predicted molar refractivity (Wildman–Crippen MR) is 175 cm³/mol. The molecule has 0 aliphatic carbocycles. The van der Waals surface area contributed by atoms with Gasteiger partial charge in [0.2, 0.25) is 0 Å². The van der Waals surface area contributed by atoms with Crippen molar-refractivity contribution in [2.75, 3.05) is 42.4 Å². The largest absolute Gasteiger partial charge is 0.497 e. The first kappa shape index (κ1) is 36.7. The maximum Gasteiger partial charge on any atom is 0.262 e. The van der Waals surface area contributed by atoms with Gasteiger partial charge in [0.25, 0.3) is 20.0 Å². The maximum absolute atomic E-state index is 13.6. The molecule has 0 amide bonds. The Bertz CT molecular complexity index is 1730. The van der Waals surface area contributed by atoms with Crippen LogP contribution in [0.5, 0.6) is 11.5 Å². The number of sulfonamides is 2. The van der Waals surface area contributed by atoms with E-state index in [9.17, 15) is 16.8 Å². The third-order valence-electron chi connectivity index (χ3n) is 6.80. The van der Waals surface area contributed by atoms with Gasteiger partial charge in [-0.25, -0.2) is 22.0 Å². The number of hydrogen-bond donors (Lipinski definition) is 1. The zero-order chi connectivity index (χ0) is 34.2. The van der Waals surface area contributed by atoms with Gasteiger partial charge >= 0.3 is 0 Å². The minimum Gasteiger partial charge on any atom is -0.497 e. The number of hydrogen-bond acceptors (Lipinski definition) is 10. The summed E-state index contributed by atoms with van der Waals surface area (Å²) in [7, 11) is 6.76. The smallest absolute Gasteiger partial charge is 0.262 e. The van der Waals surface area contributed by atoms with Gasteiger partial charge in [-0.2, -0.15) is 14.5 Å². The van der Waals surface area contributed by atoms with Crippen LogP contribution in [0, 0.1) is 0 Å². The molecule has 2 heterocycles. The van der Waals surface area contributed by atoms with Crippen LogP contribution in [0.1, 0.15) is 22.5 Å². The second-order valence-electron chi connectivity index (χ2n) is 11.2. The number of nitrogens with zero attached hydrogens (tertiary/aromatic N) is 7. The number of aryl methyl sites for hydroxylation is 2. The molecule has 0 bridgehead atoms. The molecular weight excluding hydrogens is 633 g/mol. The van der Waals surface area contributed by atoms with Gasteiger partial charge in [0, 0.05) is 52.4 Å². The van der Waals surface area contributed by atoms with Crippen molar-refractivity contribution >= 4 is 20.0 Å². The molecule has 0 saturated heterocycles. The van der Waals surface area contributed by atoms with E-state index in [1.54, 1.807) is 39.1 Å². The maximum atomic E-state index is 13.6. The van der Waals surface area contributed by atoms with E-state index in [0.29, 0.717) is 13.1 Å². The van der Waals surface area contributed by atoms with Gasteiger partial charge < -0.3 is 19.3 Å². The lowest BCUT2D eigenvalue weighted by atomic mass is 10.2. The zero-order valence-corrected chi connectivity index (χ0v) is 29.2. The molecule has 0 atom stereocenters. The van der Waals surface area contributed by atoms with Crippen LogP contribution in [0.3, 0.4) is 0 Å². The first-order chi connectivity index (χ1) is 21.5. The van der Waals surface area contributed by atoms with Crippen molar-refractivity contribution in [2.45, 2.75) is 36.2 Å². The molecule has 14 nitrogen and oxygen atoms in total. The molecule has 2 aromatic heterocycles. The molecule has 0 fully saturated rings. The Balaban J connectivity index is 0.000000344. The van der Waals surface area contributed by atoms with Crippen molar-refractivity contribution in [2.24, 2.45) is 19.2 Å². The van der Waals surface area contributed by atoms with Crippen molar-refractivity contribution in [1.82, 2.24) is 33.7 Å². The Hall–Kier alpha value is -3.80. The lowest BCUT2D eigenvalue weighted by Gasteiger charge is -2.21. The van der Waals surface area contributed by atoms with Crippen LogP contribution in [-0.2, 0) is 60.3 Å². The molecule has 4 rings (SSSR count). The van der Waals surface area contributed by atoms with Gasteiger partial charge in [-0.3, -0.25) is 9.36 Å². The molecule has 252 valence electrons. The number of rotatable bonds is 13. The summed E-state index contributed by atoms with van der Waals surface area (Å²) in [6.07, 6.45) is 0. The number of ether oxygens (including phenoxy) is 2. The van der Waals surface area contributed by atoms with Gasteiger partial charge in [0.1, 0.15) is 11.5 Å². The summed E-state index contributed by atoms with van der Waals surface area (Å²) in [5.41, 5.74) is 3.33. The molecule has 0 aliphatic rings. The quantitative estimate of drug-likeness (QED) is 0.222. The fourth-order valence-electron chi connectivity index (χ4n) is 4.39. The SMILES string of the molecule is CN(C)Cc1cc(S(N)(=O)=O)nn1C.COc1ccc(CN(Cc2ccc(OC)cc2)S(=O)(=O)c2cc(CN(C)C)n(C)n2)cc1. The molecule has 0 aliphatic heterocycles. The molecule has 2 N–H and O–H groups in total. The van der Waals surface area contributed by atoms with Crippen LogP contribution in [-0.4, -0.2) is 92.9 Å². The third kappa shape index (κ3) is 10.1. The van der Waals surface area contributed by atoms with E-state index in [4.69, 9.17) is 14.6 Å². The van der Waals surface area contributed by atoms with Crippen LogP contribution in [0.25, 0.3) is 0 Å². The zero-order valence-electron chi connectivity index (χ0n) is 27.6. The highest BCUT2D eigenvalue weighted by atomic mass is 32.2. The van der Waals surface area contributed by atoms with Gasteiger partial charge in [-0.1, -0.05) is 24.3 Å². The van der Waals surface area contributed by atoms with E-state index in [2.05, 4.69) is 10.2 Å². The number of aromatic nitrogens is 4. The second kappa shape index (κ2) is 15.7. The van der Waals surface area contributed by atoms with Crippen molar-refractivity contribution in [3.8, 4) is 11.5 Å². The molecule has 2 aromatic carbocycles. The Labute approximate surface area is 272 Å². The summed E-state index contributed by atoms with van der Waals surface area (Å²) in [5.74, 6) is 1.44. The average Bonchev–Trinajstić information content (AvgIpc) is 3.55. The van der Waals surface area contributed by atoms with E-state index in [1.165, 1.54) is 15.1 Å². The first-order valence-electron chi connectivity index (χ1n) is 14.2. The predicted octanol–water partition coefficient (Wildman–Crippen LogP) is 2.02. The van der Waals surface area contributed by atoms with E-state index >= 15 is 0 Å². The number of benzene rings is 2. The van der Waals surface area contributed by atoms with Crippen molar-refractivity contribution in [3.05, 3.63) is 83.2 Å². The summed E-state index contributed by atoms with van der Waals surface area (Å²) < 4.78 is 64.2. The Kier molecular flexibility index (Phi) is 12.5. The molecule has 0 saturated carbocycles. The van der Waals surface area contributed by atoms with E-state index in [-0.39, 0.29) is 23.1 Å². The minimum atomic E-state index is -3.85. The summed E-state index contributed by atoms with van der Waals surface area (Å²) in [6.45, 7) is 1.63. The summed E-state index contributed by atoms with van der Waals surface area (Å²) in [6, 6.07) is 17.9. The van der Waals surface area contributed by atoms with Crippen LogP contribution in [0.15, 0.2) is 70.7 Å². The Morgan fingerprint density at radius 3 is 1.35 bits per heavy atom. The summed E-state index contributed by atoms with van der Waals surface area (Å²) >= 11 is 0. The highest BCUT2D eigenvalue weighted by molar-refractivity contribution is 7.89. The third-order valence-corrected chi connectivity index (χ3v) is 9.25. The molecule has 16 heteroatoms. The van der Waals surface area contributed by atoms with Gasteiger partial charge in [0.05, 0.1) is 25.6 Å². The second-order valence-corrected chi connectivity index (χ2v) is 14.6. The van der Waals surface area contributed by atoms with E-state index < -0.39 is 20.0 Å². The Morgan fingerprint density at radius 2 is 1.02 bits per heavy atom. The standard InChI is InChI=1S/C23H30N4O4S.C7H14N4O2S/c1-25(2)17-20-14-23(24-26(20)3)32(28,29)27(15-18-6-10-21(30-4)11-7-18)16-19-8-12-22(31-5)13-9-19;1-10(2)5-6-4-7(9-11(6)3)14(8,12)13/h6-14H,15-17H2,1-5H3;4H,5H2,1-3H3,(H2,8,12,13). The van der Waals surface area contributed by atoms with Crippen LogP contribution < -0.4 is 14.6 Å². The number of methoxy groups -OCH3 is 2. The van der Waals surface area contributed by atoms with E-state index in [0.717, 1.165) is 34.0 Å². The van der Waals surface area contributed by atoms with Crippen LogP contribution in [0.4, 0.5) is 0 Å². The first-order valence-corrected chi connectivity index (χ1v) is 17.2. The molecule has 0 unspecified atom stereocenters. The molecule has 0 radical (unpaired) electrons. The normalized spacial score (nSPS) is 12.0. The topological polar surface area (TPSA) is 158 Å². The van der Waals surface area contributed by atoms with Crippen molar-refractivity contribution in [1.29, 1.82) is 0 Å². The highest BCUT2D eigenvalue weighted by Gasteiger charge is 2.28. The Morgan fingerprint density at radius 1 is 0.652 bits per heavy atom. The van der Waals surface area contributed by atoms with Crippen LogP contribution >= 0.6 is 0 Å². The van der Waals surface area contributed by atoms with Gasteiger partial charge in [-0.15, -0.1) is 0 Å². The summed E-state index contributed by atoms with van der Waals surface area (Å²) in [4.78, 5) is 3.89. The average molecular weight is 677 g/mol. The highest BCUT2D eigenvalue weighted by Crippen LogP contribution is 2.23. The minimum absolute atomic E-state index is 0.0406. The number of nitrogens with two attached hydrogens (primary N) is 1. The summed E-state index contributed by atoms with van der Waals surface area (Å²) in [5, 5.41) is 13.0. The van der Waals surface area contributed by atoms with Crippen LogP contribution in [0.2, 0.25) is 0 Å². The van der Waals surface area contributed by atoms with Crippen molar-refractivity contribution < 1.29 is 26.3 Å². The number of primary sulfonamides is 1. The molecule has 0 spiro atoms. The molecule has 46 heavy (non-hydrogen) atoms. The van der Waals surface area contributed by atoms with E-state index in [1.807, 2.05) is 86.5 Å². The molecular formula is C30H44N8O6S2. The van der Waals surface area contributed by atoms with Gasteiger partial charge in [-0.05, 0) is 63.6 Å². The fraction of sp³-hybridized carbons (Fsp3) is 0.400.